The number of ether oxygens (including phenoxy) is 1. The largest absolute Gasteiger partial charge is 0.378 e. The quantitative estimate of drug-likeness (QED) is 0.563. The van der Waals surface area contributed by atoms with Crippen molar-refractivity contribution in [1.29, 1.82) is 0 Å². The molecule has 31 heavy (non-hydrogen) atoms. The Bertz CT molecular complexity index is 859. The van der Waals surface area contributed by atoms with Crippen molar-refractivity contribution in [3.05, 3.63) is 65.2 Å². The van der Waals surface area contributed by atoms with Crippen molar-refractivity contribution in [3.63, 3.8) is 0 Å². The summed E-state index contributed by atoms with van der Waals surface area (Å²) < 4.78 is 5.50. The van der Waals surface area contributed by atoms with Crippen LogP contribution >= 0.6 is 0 Å². The third-order valence-electron chi connectivity index (χ3n) is 5.69. The molecule has 1 aliphatic rings. The van der Waals surface area contributed by atoms with Crippen molar-refractivity contribution in [2.24, 2.45) is 0 Å². The Morgan fingerprint density at radius 1 is 0.968 bits per heavy atom. The highest BCUT2D eigenvalue weighted by Crippen LogP contribution is 2.16. The monoisotopic (exact) mass is 425 g/mol. The van der Waals surface area contributed by atoms with Gasteiger partial charge in [-0.05, 0) is 24.6 Å². The molecule has 0 bridgehead atoms. The summed E-state index contributed by atoms with van der Waals surface area (Å²) in [5.74, 6) is -1.21. The van der Waals surface area contributed by atoms with Crippen LogP contribution in [0.4, 0.5) is 5.69 Å². The van der Waals surface area contributed by atoms with Crippen LogP contribution in [-0.2, 0) is 20.9 Å². The van der Waals surface area contributed by atoms with Gasteiger partial charge >= 0.3 is 11.8 Å². The Morgan fingerprint density at radius 2 is 1.58 bits per heavy atom. The third-order valence-corrected chi connectivity index (χ3v) is 5.69. The summed E-state index contributed by atoms with van der Waals surface area (Å²) in [6.45, 7) is 5.88. The molecular formula is C24H33N4O3+. The van der Waals surface area contributed by atoms with Crippen LogP contribution in [0.25, 0.3) is 0 Å². The molecule has 1 saturated heterocycles. The Labute approximate surface area is 184 Å². The Kier molecular flexibility index (Phi) is 8.03. The minimum absolute atomic E-state index is 0.0639. The summed E-state index contributed by atoms with van der Waals surface area (Å²) in [6.07, 6.45) is 0. The minimum Gasteiger partial charge on any atom is -0.378 e. The van der Waals surface area contributed by atoms with Crippen molar-refractivity contribution in [3.8, 4) is 0 Å². The Balaban J connectivity index is 1.60. The summed E-state index contributed by atoms with van der Waals surface area (Å²) in [6, 6.07) is 16.3. The summed E-state index contributed by atoms with van der Waals surface area (Å²) in [5.41, 5.74) is 4.38. The van der Waals surface area contributed by atoms with Gasteiger partial charge in [0.1, 0.15) is 19.1 Å². The number of carbonyl (C=O) groups excluding carboxylic acids is 2. The number of morpholine rings is 1. The molecule has 0 spiro atoms. The van der Waals surface area contributed by atoms with E-state index in [0.29, 0.717) is 26.3 Å². The van der Waals surface area contributed by atoms with E-state index in [1.54, 1.807) is 0 Å². The van der Waals surface area contributed by atoms with Gasteiger partial charge in [0.2, 0.25) is 0 Å². The average molecular weight is 426 g/mol. The van der Waals surface area contributed by atoms with Gasteiger partial charge in [-0.1, -0.05) is 42.0 Å². The smallest absolute Gasteiger partial charge is 0.309 e. The first-order valence-electron chi connectivity index (χ1n) is 10.7. The molecule has 7 nitrogen and oxygen atoms in total. The zero-order chi connectivity index (χ0) is 22.2. The third kappa shape index (κ3) is 6.54. The number of hydrogen-bond acceptors (Lipinski definition) is 4. The number of quaternary nitrogens is 1. The summed E-state index contributed by atoms with van der Waals surface area (Å²) in [4.78, 5) is 28.1. The van der Waals surface area contributed by atoms with Gasteiger partial charge in [-0.25, -0.2) is 0 Å². The van der Waals surface area contributed by atoms with Gasteiger partial charge in [-0.3, -0.25) is 9.59 Å². The second-order valence-corrected chi connectivity index (χ2v) is 8.19. The lowest BCUT2D eigenvalue weighted by molar-refractivity contribution is -0.937. The van der Waals surface area contributed by atoms with Crippen LogP contribution < -0.4 is 20.4 Å². The fraction of sp³-hybridized carbons (Fsp3) is 0.417. The van der Waals surface area contributed by atoms with Crippen LogP contribution in [0.5, 0.6) is 0 Å². The first kappa shape index (κ1) is 22.8. The molecule has 166 valence electrons. The van der Waals surface area contributed by atoms with Gasteiger partial charge in [-0.15, -0.1) is 0 Å². The first-order chi connectivity index (χ1) is 14.9. The van der Waals surface area contributed by atoms with Gasteiger partial charge in [-0.2, -0.15) is 0 Å². The zero-order valence-corrected chi connectivity index (χ0v) is 18.6. The van der Waals surface area contributed by atoms with Crippen molar-refractivity contribution >= 4 is 17.5 Å². The van der Waals surface area contributed by atoms with Crippen LogP contribution in [0.3, 0.4) is 0 Å². The molecule has 7 heteroatoms. The maximum Gasteiger partial charge on any atom is 0.309 e. The number of rotatable bonds is 7. The number of nitrogens with zero attached hydrogens (tertiary/aromatic N) is 1. The van der Waals surface area contributed by atoms with Gasteiger partial charge in [0.05, 0.1) is 19.8 Å². The van der Waals surface area contributed by atoms with Crippen LogP contribution in [0.2, 0.25) is 0 Å². The number of aryl methyl sites for hydroxylation is 1. The average Bonchev–Trinajstić information content (AvgIpc) is 2.79. The lowest BCUT2D eigenvalue weighted by Gasteiger charge is -2.32. The van der Waals surface area contributed by atoms with Crippen molar-refractivity contribution < 1.29 is 19.2 Å². The zero-order valence-electron chi connectivity index (χ0n) is 18.6. The molecule has 3 N–H and O–H groups in total. The molecule has 1 aliphatic heterocycles. The topological polar surface area (TPSA) is 75.1 Å². The molecule has 0 unspecified atom stereocenters. The first-order valence-corrected chi connectivity index (χ1v) is 10.7. The summed E-state index contributed by atoms with van der Waals surface area (Å²) in [7, 11) is 4.02. The second-order valence-electron chi connectivity index (χ2n) is 8.19. The highest BCUT2D eigenvalue weighted by molar-refractivity contribution is 6.35. The summed E-state index contributed by atoms with van der Waals surface area (Å²) in [5, 5.41) is 5.54. The molecule has 0 aliphatic carbocycles. The molecule has 0 saturated carbocycles. The second kappa shape index (κ2) is 10.9. The highest BCUT2D eigenvalue weighted by atomic mass is 16.5. The van der Waals surface area contributed by atoms with E-state index in [9.17, 15) is 9.59 Å². The number of carbonyl (C=O) groups is 2. The van der Waals surface area contributed by atoms with Crippen LogP contribution in [0.15, 0.2) is 48.5 Å². The lowest BCUT2D eigenvalue weighted by Crippen LogP contribution is -3.15. The Morgan fingerprint density at radius 3 is 2.19 bits per heavy atom. The maximum absolute atomic E-state index is 12.4. The van der Waals surface area contributed by atoms with E-state index in [0.717, 1.165) is 35.5 Å². The minimum atomic E-state index is -0.612. The SMILES string of the molecule is Cc1ccc(CNC(=O)C(=O)NC[C@H](c2ccc(N(C)C)cc2)[NH+]2CCOCC2)cc1. The fourth-order valence-corrected chi connectivity index (χ4v) is 3.73. The molecule has 0 radical (unpaired) electrons. The molecular weight excluding hydrogens is 392 g/mol. The van der Waals surface area contributed by atoms with Crippen molar-refractivity contribution in [1.82, 2.24) is 10.6 Å². The normalized spacial score (nSPS) is 15.2. The molecule has 2 aromatic rings. The van der Waals surface area contributed by atoms with E-state index >= 15 is 0 Å². The molecule has 2 amide bonds. The van der Waals surface area contributed by atoms with Crippen LogP contribution in [0.1, 0.15) is 22.7 Å². The number of hydrogen-bond donors (Lipinski definition) is 3. The number of amides is 2. The fourth-order valence-electron chi connectivity index (χ4n) is 3.73. The van der Waals surface area contributed by atoms with Crippen LogP contribution in [-0.4, -0.2) is 58.8 Å². The maximum atomic E-state index is 12.4. The van der Waals surface area contributed by atoms with E-state index in [2.05, 4.69) is 39.8 Å². The standard InChI is InChI=1S/C24H32N4O3/c1-18-4-6-19(7-5-18)16-25-23(29)24(30)26-17-22(28-12-14-31-15-13-28)20-8-10-21(11-9-20)27(2)3/h4-11,22H,12-17H2,1-3H3,(H,25,29)(H,26,30)/p+1/t22-/m1/s1. The molecule has 1 atom stereocenters. The van der Waals surface area contributed by atoms with E-state index in [1.807, 2.05) is 45.3 Å². The highest BCUT2D eigenvalue weighted by Gasteiger charge is 2.27. The Hall–Kier alpha value is -2.90. The predicted molar refractivity (Wildman–Crippen MR) is 121 cm³/mol. The lowest BCUT2D eigenvalue weighted by atomic mass is 10.0. The number of nitrogens with one attached hydrogen (secondary N) is 3. The molecule has 1 heterocycles. The van der Waals surface area contributed by atoms with E-state index in [-0.39, 0.29) is 6.04 Å². The van der Waals surface area contributed by atoms with Gasteiger partial charge in [0.25, 0.3) is 0 Å². The van der Waals surface area contributed by atoms with Gasteiger partial charge in [0, 0.05) is 31.9 Å². The van der Waals surface area contributed by atoms with Crippen molar-refractivity contribution in [2.45, 2.75) is 19.5 Å². The molecule has 2 aromatic carbocycles. The molecule has 1 fully saturated rings. The van der Waals surface area contributed by atoms with E-state index in [4.69, 9.17) is 4.74 Å². The van der Waals surface area contributed by atoms with E-state index < -0.39 is 11.8 Å². The van der Waals surface area contributed by atoms with Crippen LogP contribution in [0, 0.1) is 6.92 Å². The predicted octanol–water partition coefficient (Wildman–Crippen LogP) is 0.450. The van der Waals surface area contributed by atoms with Gasteiger partial charge < -0.3 is 25.2 Å². The van der Waals surface area contributed by atoms with Gasteiger partial charge in [0.15, 0.2) is 0 Å². The number of anilines is 1. The molecule has 0 aromatic heterocycles. The number of benzene rings is 2. The summed E-state index contributed by atoms with van der Waals surface area (Å²) >= 11 is 0. The van der Waals surface area contributed by atoms with E-state index in [1.165, 1.54) is 4.90 Å². The molecule has 3 rings (SSSR count). The van der Waals surface area contributed by atoms with Crippen molar-refractivity contribution in [2.75, 3.05) is 51.8 Å².